The molecule has 2 rings (SSSR count). The van der Waals surface area contributed by atoms with E-state index < -0.39 is 0 Å². The Hall–Kier alpha value is -1.22. The Kier molecular flexibility index (Phi) is 2.11. The second kappa shape index (κ2) is 3.17. The molecule has 0 saturated carbocycles. The molecular weight excluding hydrogens is 176 g/mol. The third-order valence-corrected chi connectivity index (χ3v) is 2.82. The molecule has 1 heterocycles. The van der Waals surface area contributed by atoms with Crippen LogP contribution in [0, 0.1) is 13.8 Å². The first kappa shape index (κ1) is 9.34. The lowest BCUT2D eigenvalue weighted by atomic mass is 9.99. The predicted molar refractivity (Wildman–Crippen MR) is 58.2 cm³/mol. The van der Waals surface area contributed by atoms with E-state index in [0.29, 0.717) is 6.10 Å². The molecule has 0 amide bonds. The summed E-state index contributed by atoms with van der Waals surface area (Å²) in [4.78, 5) is 0. The van der Waals surface area contributed by atoms with E-state index in [1.54, 1.807) is 0 Å². The number of ether oxygens (including phenoxy) is 1. The van der Waals surface area contributed by atoms with Crippen LogP contribution in [0.3, 0.4) is 0 Å². The molecule has 1 saturated heterocycles. The van der Waals surface area contributed by atoms with Crippen molar-refractivity contribution in [1.82, 2.24) is 0 Å². The van der Waals surface area contributed by atoms with E-state index >= 15 is 0 Å². The standard InChI is InChI=1S/C11H16N2O/c1-6-3-8(4-9-5-14-9)11(13)7(2)10(6)12/h3,9H,4-5,12-13H2,1-2H3. The molecule has 0 spiro atoms. The molecule has 1 unspecified atom stereocenters. The van der Waals surface area contributed by atoms with Gasteiger partial charge in [0.2, 0.25) is 0 Å². The van der Waals surface area contributed by atoms with Gasteiger partial charge >= 0.3 is 0 Å². The van der Waals surface area contributed by atoms with Crippen molar-refractivity contribution in [2.24, 2.45) is 0 Å². The first-order valence-corrected chi connectivity index (χ1v) is 4.85. The SMILES string of the molecule is Cc1cc(CC2CO2)c(N)c(C)c1N. The maximum absolute atomic E-state index is 5.99. The van der Waals surface area contributed by atoms with Crippen LogP contribution in [-0.4, -0.2) is 12.7 Å². The molecule has 0 radical (unpaired) electrons. The zero-order valence-electron chi connectivity index (χ0n) is 8.63. The predicted octanol–water partition coefficient (Wildman–Crippen LogP) is 1.41. The number of anilines is 2. The average Bonchev–Trinajstić information content (AvgIpc) is 2.94. The monoisotopic (exact) mass is 192 g/mol. The average molecular weight is 192 g/mol. The van der Waals surface area contributed by atoms with Gasteiger partial charge in [0.05, 0.1) is 12.7 Å². The minimum absolute atomic E-state index is 0.375. The van der Waals surface area contributed by atoms with Gasteiger partial charge in [0.15, 0.2) is 0 Å². The van der Waals surface area contributed by atoms with Crippen molar-refractivity contribution in [3.63, 3.8) is 0 Å². The Morgan fingerprint density at radius 3 is 2.57 bits per heavy atom. The van der Waals surface area contributed by atoms with E-state index in [0.717, 1.165) is 41.1 Å². The number of aryl methyl sites for hydroxylation is 1. The highest BCUT2D eigenvalue weighted by Crippen LogP contribution is 2.29. The lowest BCUT2D eigenvalue weighted by molar-refractivity contribution is 0.408. The summed E-state index contributed by atoms with van der Waals surface area (Å²) in [6.45, 7) is 4.84. The summed E-state index contributed by atoms with van der Waals surface area (Å²) in [5, 5.41) is 0. The fourth-order valence-electron chi connectivity index (χ4n) is 1.70. The number of epoxide rings is 1. The highest BCUT2D eigenvalue weighted by molar-refractivity contribution is 5.68. The molecule has 1 aromatic rings. The molecule has 0 bridgehead atoms. The molecule has 0 aliphatic carbocycles. The number of hydrogen-bond donors (Lipinski definition) is 2. The van der Waals surface area contributed by atoms with Crippen LogP contribution < -0.4 is 11.5 Å². The van der Waals surface area contributed by atoms with Crippen LogP contribution in [0.25, 0.3) is 0 Å². The number of hydrogen-bond acceptors (Lipinski definition) is 3. The summed E-state index contributed by atoms with van der Waals surface area (Å²) in [6.07, 6.45) is 1.29. The quantitative estimate of drug-likeness (QED) is 0.550. The van der Waals surface area contributed by atoms with Crippen LogP contribution in [0.15, 0.2) is 6.07 Å². The van der Waals surface area contributed by atoms with Crippen molar-refractivity contribution in [1.29, 1.82) is 0 Å². The normalized spacial score (nSPS) is 19.7. The van der Waals surface area contributed by atoms with Gasteiger partial charge in [-0.1, -0.05) is 6.07 Å². The number of rotatable bonds is 2. The van der Waals surface area contributed by atoms with Crippen LogP contribution in [0.2, 0.25) is 0 Å². The second-order valence-electron chi connectivity index (χ2n) is 3.96. The molecule has 3 heteroatoms. The van der Waals surface area contributed by atoms with Crippen molar-refractivity contribution in [3.8, 4) is 0 Å². The summed E-state index contributed by atoms with van der Waals surface area (Å²) in [7, 11) is 0. The Bertz CT molecular complexity index is 370. The summed E-state index contributed by atoms with van der Waals surface area (Å²) >= 11 is 0. The van der Waals surface area contributed by atoms with Gasteiger partial charge in [-0.05, 0) is 30.5 Å². The van der Waals surface area contributed by atoms with E-state index in [9.17, 15) is 0 Å². The Morgan fingerprint density at radius 2 is 2.00 bits per heavy atom. The van der Waals surface area contributed by atoms with Crippen molar-refractivity contribution >= 4 is 11.4 Å². The van der Waals surface area contributed by atoms with Gasteiger partial charge in [-0.3, -0.25) is 0 Å². The summed E-state index contributed by atoms with van der Waals surface area (Å²) in [6, 6.07) is 2.07. The smallest absolute Gasteiger partial charge is 0.0850 e. The van der Waals surface area contributed by atoms with E-state index in [4.69, 9.17) is 16.2 Å². The van der Waals surface area contributed by atoms with Crippen LogP contribution in [0.5, 0.6) is 0 Å². The van der Waals surface area contributed by atoms with Crippen LogP contribution in [-0.2, 0) is 11.2 Å². The van der Waals surface area contributed by atoms with Crippen molar-refractivity contribution in [2.45, 2.75) is 26.4 Å². The molecule has 14 heavy (non-hydrogen) atoms. The maximum Gasteiger partial charge on any atom is 0.0850 e. The fraction of sp³-hybridized carbons (Fsp3) is 0.455. The number of nitrogen functional groups attached to an aromatic ring is 2. The lowest BCUT2D eigenvalue weighted by Gasteiger charge is -2.12. The largest absolute Gasteiger partial charge is 0.398 e. The Morgan fingerprint density at radius 1 is 1.36 bits per heavy atom. The third-order valence-electron chi connectivity index (χ3n) is 2.82. The van der Waals surface area contributed by atoms with Crippen LogP contribution >= 0.6 is 0 Å². The summed E-state index contributed by atoms with van der Waals surface area (Å²) in [5.74, 6) is 0. The summed E-state index contributed by atoms with van der Waals surface area (Å²) < 4.78 is 5.19. The lowest BCUT2D eigenvalue weighted by Crippen LogP contribution is -2.05. The van der Waals surface area contributed by atoms with Crippen molar-refractivity contribution in [3.05, 3.63) is 22.8 Å². The molecular formula is C11H16N2O. The highest BCUT2D eigenvalue weighted by atomic mass is 16.6. The van der Waals surface area contributed by atoms with Gasteiger partial charge in [0.25, 0.3) is 0 Å². The van der Waals surface area contributed by atoms with Crippen LogP contribution in [0.1, 0.15) is 16.7 Å². The molecule has 1 aliphatic rings. The molecule has 3 nitrogen and oxygen atoms in total. The first-order chi connectivity index (χ1) is 6.59. The summed E-state index contributed by atoms with van der Waals surface area (Å²) in [5.41, 5.74) is 16.8. The highest BCUT2D eigenvalue weighted by Gasteiger charge is 2.24. The molecule has 4 N–H and O–H groups in total. The van der Waals surface area contributed by atoms with Gasteiger partial charge in [-0.2, -0.15) is 0 Å². The zero-order chi connectivity index (χ0) is 10.3. The van der Waals surface area contributed by atoms with Gasteiger partial charge < -0.3 is 16.2 Å². The van der Waals surface area contributed by atoms with Gasteiger partial charge in [-0.25, -0.2) is 0 Å². The van der Waals surface area contributed by atoms with Crippen LogP contribution in [0.4, 0.5) is 11.4 Å². The first-order valence-electron chi connectivity index (χ1n) is 4.85. The van der Waals surface area contributed by atoms with E-state index in [-0.39, 0.29) is 0 Å². The van der Waals surface area contributed by atoms with E-state index in [2.05, 4.69) is 6.07 Å². The number of benzene rings is 1. The molecule has 0 aromatic heterocycles. The molecule has 1 atom stereocenters. The molecule has 1 aromatic carbocycles. The topological polar surface area (TPSA) is 64.6 Å². The number of nitrogens with two attached hydrogens (primary N) is 2. The zero-order valence-corrected chi connectivity index (χ0v) is 8.63. The molecule has 76 valence electrons. The van der Waals surface area contributed by atoms with E-state index in [1.807, 2.05) is 13.8 Å². The van der Waals surface area contributed by atoms with Gasteiger partial charge in [-0.15, -0.1) is 0 Å². The van der Waals surface area contributed by atoms with E-state index in [1.165, 1.54) is 0 Å². The minimum Gasteiger partial charge on any atom is -0.398 e. The maximum atomic E-state index is 5.99. The molecule has 1 fully saturated rings. The fourth-order valence-corrected chi connectivity index (χ4v) is 1.70. The molecule has 1 aliphatic heterocycles. The Balaban J connectivity index is 2.38. The van der Waals surface area contributed by atoms with Gasteiger partial charge in [0, 0.05) is 17.8 Å². The minimum atomic E-state index is 0.375. The third kappa shape index (κ3) is 1.55. The Labute approximate surface area is 84.0 Å². The van der Waals surface area contributed by atoms with Crippen molar-refractivity contribution in [2.75, 3.05) is 18.1 Å². The second-order valence-corrected chi connectivity index (χ2v) is 3.96. The van der Waals surface area contributed by atoms with Gasteiger partial charge in [0.1, 0.15) is 0 Å². The van der Waals surface area contributed by atoms with Crippen molar-refractivity contribution < 1.29 is 4.74 Å².